The Morgan fingerprint density at radius 3 is 1.46 bits per heavy atom. The topological polar surface area (TPSA) is 38.6 Å². The second-order valence-corrected chi connectivity index (χ2v) is 30.2. The molecule has 1 atom stereocenters. The molecule has 1 spiro atoms. The first kappa shape index (κ1) is 65.5. The maximum absolute atomic E-state index is 4.88. The quantitative estimate of drug-likeness (QED) is 0.162. The van der Waals surface area contributed by atoms with Crippen LogP contribution in [0.4, 0.5) is 28.4 Å². The lowest BCUT2D eigenvalue weighted by Crippen LogP contribution is -2.33. The molecule has 7 nitrogen and oxygen atoms in total. The molecule has 4 aliphatic rings. The Balaban J connectivity index is 0.0000000929. The highest BCUT2D eigenvalue weighted by atomic mass is 15.2. The normalized spacial score (nSPS) is 13.7. The highest BCUT2D eigenvalue weighted by Crippen LogP contribution is 2.62. The van der Waals surface area contributed by atoms with Crippen LogP contribution in [-0.2, 0) is 12.5 Å². The summed E-state index contributed by atoms with van der Waals surface area (Å²) in [6.07, 6.45) is 0. The van der Waals surface area contributed by atoms with Gasteiger partial charge in [-0.1, -0.05) is 291 Å². The summed E-state index contributed by atoms with van der Waals surface area (Å²) in [6.45, 7) is 4.39. The van der Waals surface area contributed by atoms with Crippen LogP contribution in [0, 0.1) is 13.8 Å². The van der Waals surface area contributed by atoms with Gasteiger partial charge in [-0.05, 0) is 155 Å². The zero-order chi connectivity index (χ0) is 75.2. The van der Waals surface area contributed by atoms with Crippen molar-refractivity contribution in [1.82, 2.24) is 23.1 Å². The highest BCUT2D eigenvalue weighted by Gasteiger charge is 2.51. The van der Waals surface area contributed by atoms with Gasteiger partial charge in [0.05, 0.1) is 72.7 Å². The van der Waals surface area contributed by atoms with Crippen molar-refractivity contribution >= 4 is 110 Å². The van der Waals surface area contributed by atoms with Gasteiger partial charge in [-0.15, -0.1) is 0 Å². The minimum atomic E-state index is -0.321. The minimum absolute atomic E-state index is 0.321. The summed E-state index contributed by atoms with van der Waals surface area (Å²) < 4.78 is 9.54. The predicted octanol–water partition coefficient (Wildman–Crippen LogP) is 27.2. The first-order valence-corrected chi connectivity index (χ1v) is 39.1. The summed E-state index contributed by atoms with van der Waals surface area (Å²) in [6, 6.07) is 138. The molecule has 0 bridgehead atoms. The van der Waals surface area contributed by atoms with Crippen LogP contribution in [0.2, 0.25) is 0 Å². The fourth-order valence-corrected chi connectivity index (χ4v) is 19.6. The first-order valence-electron chi connectivity index (χ1n) is 39.1. The maximum Gasteiger partial charge on any atom is 0.146 e. The van der Waals surface area contributed by atoms with Crippen LogP contribution in [0.15, 0.2) is 382 Å². The zero-order valence-corrected chi connectivity index (χ0v) is 63.0. The number of aromatic nitrogens is 5. The molecular weight excluding hydrogens is 1370 g/mol. The van der Waals surface area contributed by atoms with Gasteiger partial charge in [-0.3, -0.25) is 4.40 Å². The van der Waals surface area contributed by atoms with Gasteiger partial charge in [0.2, 0.25) is 0 Å². The van der Waals surface area contributed by atoms with Crippen molar-refractivity contribution in [3.05, 3.63) is 416 Å². The molecule has 0 fully saturated rings. The number of imidazole rings is 1. The molecule has 25 rings (SSSR count). The summed E-state index contributed by atoms with van der Waals surface area (Å²) in [4.78, 5) is 9.58. The highest BCUT2D eigenvalue weighted by molar-refractivity contribution is 6.17. The van der Waals surface area contributed by atoms with Gasteiger partial charge in [0, 0.05) is 102 Å². The average molecular weight is 1450 g/mol. The van der Waals surface area contributed by atoms with E-state index in [1.165, 1.54) is 194 Å². The van der Waals surface area contributed by atoms with Crippen molar-refractivity contribution in [2.45, 2.75) is 19.3 Å². The Labute approximate surface area is 655 Å². The number of aryl methyl sites for hydroxylation is 3. The molecule has 0 amide bonds. The van der Waals surface area contributed by atoms with E-state index < -0.39 is 0 Å². The van der Waals surface area contributed by atoms with Crippen molar-refractivity contribution in [3.8, 4) is 67.3 Å². The molecule has 1 unspecified atom stereocenters. The number of benzene rings is 16. The van der Waals surface area contributed by atoms with E-state index in [9.17, 15) is 0 Å². The molecule has 21 aromatic rings. The van der Waals surface area contributed by atoms with Crippen LogP contribution >= 0.6 is 0 Å². The van der Waals surface area contributed by atoms with E-state index in [2.05, 4.69) is 432 Å². The number of hydrogen-bond donors (Lipinski definition) is 0. The van der Waals surface area contributed by atoms with Gasteiger partial charge in [-0.2, -0.15) is 0 Å². The molecule has 1 aliphatic carbocycles. The smallest absolute Gasteiger partial charge is 0.146 e. The molecular formula is C106H75N7. The molecule has 0 saturated carbocycles. The van der Waals surface area contributed by atoms with Gasteiger partial charge in [-0.25, -0.2) is 4.98 Å². The SMILES string of the molecule is CN1c2ccccc2-c2c(n(-c3ccccc3)c3ccccc23)-c2ccccc21.Cc1ccc2c(c1)c1ccccc1c1nc3ccccc3n21.Cc1cccc2c1-c1ccccc1C21c2ccccc2-n2c3ccccc3c3cccc1c32.Cn1c2c(c3ccccc31)-c1ccccc1N(c1ccccc1)c1ccccc1-2. The van der Waals surface area contributed by atoms with E-state index in [1.807, 2.05) is 6.07 Å². The maximum atomic E-state index is 4.88. The van der Waals surface area contributed by atoms with Crippen molar-refractivity contribution < 1.29 is 0 Å². The largest absolute Gasteiger partial charge is 0.344 e. The summed E-state index contributed by atoms with van der Waals surface area (Å²) in [7, 11) is 4.34. The van der Waals surface area contributed by atoms with E-state index in [4.69, 9.17) is 4.98 Å². The molecule has 8 heterocycles. The second-order valence-electron chi connectivity index (χ2n) is 30.2. The standard InChI is InChI=1S/C32H21N.2C27H20N2.C20H14N2/c1-20-10-8-16-26-30(20)23-12-2-4-14-24(23)32(26)25-15-5-7-19-29(25)33-28-18-6-3-11-21(28)22-13-9-17-27(32)31(22)33;1-28-23-16-8-5-13-20(23)26-21-14-6-10-18-25(21)29(19-11-3-2-4-12-19)27(26)22-15-7-9-17-24(22)28;1-28-23-16-8-5-13-20(23)26-21-14-6-9-17-24(21)29(19-11-3-2-4-12-19)25-18-10-7-15-22(25)27(26)28;1-13-10-11-18-16(12-13)14-6-2-3-7-15(14)20-21-17-8-4-5-9-19(17)22(18)20/h2-19H,1H3;2*2-18H,1H3;2-12H,1H3. The van der Waals surface area contributed by atoms with E-state index in [1.54, 1.807) is 0 Å². The third-order valence-electron chi connectivity index (χ3n) is 24.2. The number of fused-ring (bicyclic) bond motifs is 34. The molecule has 0 saturated heterocycles. The second kappa shape index (κ2) is 25.8. The van der Waals surface area contributed by atoms with Gasteiger partial charge in [0.25, 0.3) is 0 Å². The van der Waals surface area contributed by atoms with Crippen molar-refractivity contribution in [2.24, 2.45) is 7.05 Å². The number of anilines is 5. The van der Waals surface area contributed by atoms with Crippen LogP contribution in [-0.4, -0.2) is 30.1 Å². The minimum Gasteiger partial charge on any atom is -0.344 e. The number of rotatable bonds is 2. The van der Waals surface area contributed by atoms with E-state index in [0.29, 0.717) is 0 Å². The van der Waals surface area contributed by atoms with E-state index in [0.717, 1.165) is 16.7 Å². The van der Waals surface area contributed by atoms with Gasteiger partial charge < -0.3 is 23.5 Å². The van der Waals surface area contributed by atoms with Crippen LogP contribution in [0.3, 0.4) is 0 Å². The molecule has 113 heavy (non-hydrogen) atoms. The summed E-state index contributed by atoms with van der Waals surface area (Å²) in [5, 5.41) is 8.98. The van der Waals surface area contributed by atoms with Crippen molar-refractivity contribution in [1.29, 1.82) is 0 Å². The third kappa shape index (κ3) is 9.65. The number of nitrogens with zero attached hydrogens (tertiary/aromatic N) is 7. The van der Waals surface area contributed by atoms with Crippen LogP contribution < -0.4 is 9.80 Å². The fourth-order valence-electron chi connectivity index (χ4n) is 19.6. The molecule has 5 aromatic heterocycles. The zero-order valence-electron chi connectivity index (χ0n) is 63.0. The summed E-state index contributed by atoms with van der Waals surface area (Å²) in [5.74, 6) is 0. The van der Waals surface area contributed by atoms with Crippen LogP contribution in [0.1, 0.15) is 33.4 Å². The fraction of sp³-hybridized carbons (Fsp3) is 0.0472. The Morgan fingerprint density at radius 1 is 0.274 bits per heavy atom. The molecule has 16 aromatic carbocycles. The number of pyridine rings is 1. The summed E-state index contributed by atoms with van der Waals surface area (Å²) >= 11 is 0. The molecule has 7 heteroatoms. The van der Waals surface area contributed by atoms with Gasteiger partial charge in [0.1, 0.15) is 5.65 Å². The van der Waals surface area contributed by atoms with Gasteiger partial charge >= 0.3 is 0 Å². The summed E-state index contributed by atoms with van der Waals surface area (Å²) in [5.41, 5.74) is 38.8. The number of hydrogen-bond acceptors (Lipinski definition) is 3. The Hall–Kier alpha value is -14.5. The third-order valence-corrected chi connectivity index (χ3v) is 24.2. The molecule has 0 N–H and O–H groups in total. The van der Waals surface area contributed by atoms with E-state index in [-0.39, 0.29) is 5.41 Å². The van der Waals surface area contributed by atoms with E-state index >= 15 is 0 Å². The molecule has 534 valence electrons. The number of para-hydroxylation sites is 13. The monoisotopic (exact) mass is 1450 g/mol. The van der Waals surface area contributed by atoms with Crippen LogP contribution in [0.5, 0.6) is 0 Å². The predicted molar refractivity (Wildman–Crippen MR) is 473 cm³/mol. The van der Waals surface area contributed by atoms with Gasteiger partial charge in [0.15, 0.2) is 0 Å². The lowest BCUT2D eigenvalue weighted by atomic mass is 9.65. The molecule has 0 radical (unpaired) electrons. The lowest BCUT2D eigenvalue weighted by Gasteiger charge is -2.39. The van der Waals surface area contributed by atoms with Crippen molar-refractivity contribution in [3.63, 3.8) is 0 Å². The van der Waals surface area contributed by atoms with Crippen LogP contribution in [0.25, 0.3) is 149 Å². The lowest BCUT2D eigenvalue weighted by molar-refractivity contribution is 0.748. The Kier molecular flexibility index (Phi) is 15.0. The van der Waals surface area contributed by atoms with Crippen molar-refractivity contribution in [2.75, 3.05) is 16.8 Å². The molecule has 3 aliphatic heterocycles. The Morgan fingerprint density at radius 2 is 0.743 bits per heavy atom. The Bertz CT molecular complexity index is 7450. The average Bonchev–Trinajstić information content (AvgIpc) is 1.51. The first-order chi connectivity index (χ1) is 55.8.